The first-order chi connectivity index (χ1) is 16.7. The van der Waals surface area contributed by atoms with Crippen molar-refractivity contribution in [3.05, 3.63) is 11.6 Å². The molecule has 8 heteroatoms. The van der Waals surface area contributed by atoms with Gasteiger partial charge in [0.1, 0.15) is 18.0 Å². The molecule has 202 valence electrons. The zero-order valence-corrected chi connectivity index (χ0v) is 22.3. The number of rotatable bonds is 5. The third-order valence-corrected chi connectivity index (χ3v) is 10.2. The van der Waals surface area contributed by atoms with E-state index in [1.54, 1.807) is 20.8 Å². The van der Waals surface area contributed by atoms with Gasteiger partial charge in [-0.05, 0) is 62.7 Å². The number of ketones is 1. The molecule has 0 amide bonds. The van der Waals surface area contributed by atoms with E-state index in [1.165, 1.54) is 13.8 Å². The van der Waals surface area contributed by atoms with Gasteiger partial charge in [0.25, 0.3) is 0 Å². The van der Waals surface area contributed by atoms with E-state index < -0.39 is 64.6 Å². The summed E-state index contributed by atoms with van der Waals surface area (Å²) in [6.45, 7) is 10.1. The maximum atomic E-state index is 13.1. The van der Waals surface area contributed by atoms with E-state index in [4.69, 9.17) is 9.47 Å². The minimum absolute atomic E-state index is 0.113. The number of allylic oxidation sites excluding steroid dienone is 1. The lowest BCUT2D eigenvalue weighted by Crippen LogP contribution is -2.72. The van der Waals surface area contributed by atoms with Crippen LogP contribution >= 0.6 is 0 Å². The average Bonchev–Trinajstić information content (AvgIpc) is 3.07. The second kappa shape index (κ2) is 9.21. The van der Waals surface area contributed by atoms with Crippen LogP contribution < -0.4 is 0 Å². The van der Waals surface area contributed by atoms with Crippen molar-refractivity contribution < 1.29 is 39.2 Å². The minimum atomic E-state index is -1.39. The van der Waals surface area contributed by atoms with Gasteiger partial charge >= 0.3 is 11.9 Å². The SMILES string of the molecule is CC(=O)O[C@H]1[C@H]2[C@H](CC=C3C[C@@H](O)CC[C@@]32C)[C@@]2(O)CC[C@@H](C(C)=O)[C@@]2(C)[C@@H]1OC(=O)[C@H](O)C(C)C. The summed E-state index contributed by atoms with van der Waals surface area (Å²) in [5.74, 6) is -3.21. The monoisotopic (exact) mass is 506 g/mol. The number of hydrogen-bond acceptors (Lipinski definition) is 8. The Kier molecular flexibility index (Phi) is 6.97. The van der Waals surface area contributed by atoms with E-state index in [0.717, 1.165) is 5.57 Å². The van der Waals surface area contributed by atoms with E-state index in [2.05, 4.69) is 13.0 Å². The lowest BCUT2D eigenvalue weighted by molar-refractivity contribution is -0.276. The Bertz CT molecular complexity index is 957. The average molecular weight is 507 g/mol. The molecule has 0 spiro atoms. The summed E-state index contributed by atoms with van der Waals surface area (Å²) in [6, 6.07) is 0. The van der Waals surface area contributed by atoms with Crippen LogP contribution in [0.25, 0.3) is 0 Å². The number of hydrogen-bond donors (Lipinski definition) is 3. The normalized spacial score (nSPS) is 44.6. The lowest BCUT2D eigenvalue weighted by Gasteiger charge is -2.64. The van der Waals surface area contributed by atoms with Crippen LogP contribution in [0.4, 0.5) is 0 Å². The molecule has 0 unspecified atom stereocenters. The van der Waals surface area contributed by atoms with Gasteiger partial charge in [-0.3, -0.25) is 9.59 Å². The molecule has 0 radical (unpaired) electrons. The first kappa shape index (κ1) is 27.3. The summed E-state index contributed by atoms with van der Waals surface area (Å²) >= 11 is 0. The van der Waals surface area contributed by atoms with Gasteiger partial charge in [-0.15, -0.1) is 0 Å². The van der Waals surface area contributed by atoms with Gasteiger partial charge in [0.15, 0.2) is 6.10 Å². The molecule has 0 aromatic rings. The Hall–Kier alpha value is -1.77. The zero-order valence-electron chi connectivity index (χ0n) is 22.3. The standard InChI is InChI=1S/C28H42O8/c1-14(2)22(32)25(33)36-24-23(35-16(4)30)21-20(8-7-17-13-18(31)9-11-26(17,21)5)28(34)12-10-19(15(3)29)27(24,28)6/h7,14,18-24,31-32,34H,8-13H2,1-6H3/t18-,19-,20-,21+,22+,23-,24+,26-,27-,28-/m0/s1. The van der Waals surface area contributed by atoms with Crippen LogP contribution in [0, 0.1) is 34.5 Å². The molecule has 4 aliphatic carbocycles. The number of Topliss-reactive ketones (excluding diaryl/α,β-unsaturated/α-hetero) is 1. The van der Waals surface area contributed by atoms with E-state index in [1.807, 2.05) is 0 Å². The Labute approximate surface area is 213 Å². The van der Waals surface area contributed by atoms with Gasteiger partial charge in [-0.2, -0.15) is 0 Å². The molecular formula is C28H42O8. The van der Waals surface area contributed by atoms with Crippen LogP contribution in [0.3, 0.4) is 0 Å². The first-order valence-electron chi connectivity index (χ1n) is 13.3. The Morgan fingerprint density at radius 1 is 1.08 bits per heavy atom. The molecule has 3 fully saturated rings. The molecule has 3 N–H and O–H groups in total. The highest BCUT2D eigenvalue weighted by Crippen LogP contribution is 2.69. The molecule has 4 aliphatic rings. The lowest BCUT2D eigenvalue weighted by atomic mass is 9.44. The van der Waals surface area contributed by atoms with E-state index >= 15 is 0 Å². The first-order valence-corrected chi connectivity index (χ1v) is 13.3. The van der Waals surface area contributed by atoms with Gasteiger partial charge in [-0.25, -0.2) is 4.79 Å². The highest BCUT2D eigenvalue weighted by atomic mass is 16.6. The third kappa shape index (κ3) is 3.86. The Morgan fingerprint density at radius 3 is 2.33 bits per heavy atom. The molecule has 8 nitrogen and oxygen atoms in total. The molecule has 0 bridgehead atoms. The molecule has 0 heterocycles. The van der Waals surface area contributed by atoms with Crippen molar-refractivity contribution in [3.8, 4) is 0 Å². The maximum absolute atomic E-state index is 13.1. The van der Waals surface area contributed by atoms with Crippen molar-refractivity contribution in [2.75, 3.05) is 0 Å². The van der Waals surface area contributed by atoms with Crippen molar-refractivity contribution in [3.63, 3.8) is 0 Å². The van der Waals surface area contributed by atoms with Crippen LogP contribution in [0.15, 0.2) is 11.6 Å². The number of aliphatic hydroxyl groups is 3. The Balaban J connectivity index is 1.91. The van der Waals surface area contributed by atoms with Gasteiger partial charge in [0.05, 0.1) is 11.7 Å². The highest BCUT2D eigenvalue weighted by Gasteiger charge is 2.75. The predicted octanol–water partition coefficient (Wildman–Crippen LogP) is 2.71. The summed E-state index contributed by atoms with van der Waals surface area (Å²) in [4.78, 5) is 38.5. The van der Waals surface area contributed by atoms with Crippen LogP contribution in [0.1, 0.15) is 80.1 Å². The quantitative estimate of drug-likeness (QED) is 0.383. The summed E-state index contributed by atoms with van der Waals surface area (Å²) in [5.41, 5.74) is -1.98. The number of esters is 2. The zero-order chi connectivity index (χ0) is 26.8. The van der Waals surface area contributed by atoms with Gasteiger partial charge in [0, 0.05) is 24.2 Å². The number of carbonyl (C=O) groups excluding carboxylic acids is 3. The van der Waals surface area contributed by atoms with Crippen molar-refractivity contribution in [1.29, 1.82) is 0 Å². The number of fused-ring (bicyclic) bond motifs is 5. The van der Waals surface area contributed by atoms with Crippen LogP contribution in [-0.4, -0.2) is 63.1 Å². The van der Waals surface area contributed by atoms with Crippen LogP contribution in [0.2, 0.25) is 0 Å². The highest BCUT2D eigenvalue weighted by molar-refractivity contribution is 5.80. The number of ether oxygens (including phenoxy) is 2. The fourth-order valence-electron chi connectivity index (χ4n) is 8.26. The molecule has 36 heavy (non-hydrogen) atoms. The maximum Gasteiger partial charge on any atom is 0.335 e. The molecule has 0 aromatic heterocycles. The van der Waals surface area contributed by atoms with Crippen molar-refractivity contribution in [2.24, 2.45) is 34.5 Å². The van der Waals surface area contributed by atoms with Crippen LogP contribution in [0.5, 0.6) is 0 Å². The predicted molar refractivity (Wildman–Crippen MR) is 130 cm³/mol. The molecule has 4 rings (SSSR count). The summed E-state index contributed by atoms with van der Waals surface area (Å²) < 4.78 is 12.0. The summed E-state index contributed by atoms with van der Waals surface area (Å²) in [6.07, 6.45) is 1.28. The second-order valence-electron chi connectivity index (χ2n) is 12.4. The van der Waals surface area contributed by atoms with Gasteiger partial charge in [0.2, 0.25) is 0 Å². The van der Waals surface area contributed by atoms with E-state index in [9.17, 15) is 29.7 Å². The minimum Gasteiger partial charge on any atom is -0.458 e. The van der Waals surface area contributed by atoms with E-state index in [0.29, 0.717) is 38.5 Å². The van der Waals surface area contributed by atoms with Crippen molar-refractivity contribution >= 4 is 17.7 Å². The topological polar surface area (TPSA) is 130 Å². The Morgan fingerprint density at radius 2 is 1.75 bits per heavy atom. The molecule has 10 atom stereocenters. The van der Waals surface area contributed by atoms with Crippen LogP contribution in [-0.2, 0) is 23.9 Å². The molecule has 0 saturated heterocycles. The second-order valence-corrected chi connectivity index (χ2v) is 12.4. The summed E-state index contributed by atoms with van der Waals surface area (Å²) in [7, 11) is 0. The van der Waals surface area contributed by atoms with Gasteiger partial charge < -0.3 is 24.8 Å². The number of carbonyl (C=O) groups is 3. The fourth-order valence-corrected chi connectivity index (χ4v) is 8.26. The molecular weight excluding hydrogens is 464 g/mol. The van der Waals surface area contributed by atoms with Crippen molar-refractivity contribution in [2.45, 2.75) is 110 Å². The van der Waals surface area contributed by atoms with Crippen molar-refractivity contribution in [1.82, 2.24) is 0 Å². The fraction of sp³-hybridized carbons (Fsp3) is 0.821. The van der Waals surface area contributed by atoms with Gasteiger partial charge in [-0.1, -0.05) is 39.3 Å². The third-order valence-electron chi connectivity index (χ3n) is 10.2. The number of aliphatic hydroxyl groups excluding tert-OH is 2. The molecule has 3 saturated carbocycles. The molecule has 0 aromatic carbocycles. The smallest absolute Gasteiger partial charge is 0.335 e. The largest absolute Gasteiger partial charge is 0.458 e. The summed E-state index contributed by atoms with van der Waals surface area (Å²) in [5, 5.41) is 33.4. The molecule has 0 aliphatic heterocycles. The van der Waals surface area contributed by atoms with E-state index in [-0.39, 0.29) is 17.6 Å².